The smallest absolute Gasteiger partial charge is 0.0705 e. The van der Waals surface area contributed by atoms with Crippen LogP contribution in [0.25, 0.3) is 10.9 Å². The summed E-state index contributed by atoms with van der Waals surface area (Å²) in [5, 5.41) is 4.59. The van der Waals surface area contributed by atoms with Gasteiger partial charge in [-0.05, 0) is 36.9 Å². The van der Waals surface area contributed by atoms with Crippen LogP contribution < -0.4 is 5.32 Å². The Bertz CT molecular complexity index is 712. The van der Waals surface area contributed by atoms with Crippen molar-refractivity contribution in [1.29, 1.82) is 0 Å². The summed E-state index contributed by atoms with van der Waals surface area (Å²) in [5.74, 6) is 0.999. The van der Waals surface area contributed by atoms with Crippen molar-refractivity contribution in [1.82, 2.24) is 10.3 Å². The Kier molecular flexibility index (Phi) is 4.53. The van der Waals surface area contributed by atoms with Crippen molar-refractivity contribution in [3.8, 4) is 0 Å². The maximum absolute atomic E-state index is 4.44. The highest BCUT2D eigenvalue weighted by Crippen LogP contribution is 2.26. The Morgan fingerprint density at radius 2 is 1.90 bits per heavy atom. The molecular formula is C18H18N2S. The fraction of sp³-hybridized carbons (Fsp3) is 0.167. The molecule has 2 nitrogen and oxygen atoms in total. The third kappa shape index (κ3) is 3.43. The third-order valence-corrected chi connectivity index (χ3v) is 4.65. The molecule has 3 rings (SSSR count). The largest absolute Gasteiger partial charge is 0.312 e. The molecule has 0 amide bonds. The molecule has 0 saturated carbocycles. The molecule has 0 aliphatic carbocycles. The number of thioether (sulfide) groups is 1. The van der Waals surface area contributed by atoms with Crippen molar-refractivity contribution in [2.45, 2.75) is 10.9 Å². The average molecular weight is 294 g/mol. The van der Waals surface area contributed by atoms with E-state index in [4.69, 9.17) is 0 Å². The molecule has 21 heavy (non-hydrogen) atoms. The second-order valence-electron chi connectivity index (χ2n) is 4.92. The van der Waals surface area contributed by atoms with Crippen molar-refractivity contribution in [3.63, 3.8) is 0 Å². The first-order chi connectivity index (χ1) is 10.4. The zero-order valence-electron chi connectivity index (χ0n) is 12.0. The van der Waals surface area contributed by atoms with Crippen LogP contribution in [-0.4, -0.2) is 17.8 Å². The normalized spacial score (nSPS) is 12.4. The van der Waals surface area contributed by atoms with Crippen molar-refractivity contribution in [2.24, 2.45) is 0 Å². The van der Waals surface area contributed by atoms with Crippen LogP contribution in [0.5, 0.6) is 0 Å². The van der Waals surface area contributed by atoms with E-state index in [-0.39, 0.29) is 0 Å². The zero-order chi connectivity index (χ0) is 14.5. The SMILES string of the molecule is CNC(CSc1ccccc1)c1ccc2cccnc2c1. The Morgan fingerprint density at radius 1 is 1.05 bits per heavy atom. The van der Waals surface area contributed by atoms with Crippen LogP contribution in [0, 0.1) is 0 Å². The molecule has 1 atom stereocenters. The second-order valence-corrected chi connectivity index (χ2v) is 6.01. The Balaban J connectivity index is 1.78. The van der Waals surface area contributed by atoms with E-state index in [2.05, 4.69) is 64.9 Å². The van der Waals surface area contributed by atoms with E-state index < -0.39 is 0 Å². The number of hydrogen-bond acceptors (Lipinski definition) is 3. The Morgan fingerprint density at radius 3 is 2.71 bits per heavy atom. The van der Waals surface area contributed by atoms with Crippen molar-refractivity contribution < 1.29 is 0 Å². The van der Waals surface area contributed by atoms with E-state index in [9.17, 15) is 0 Å². The summed E-state index contributed by atoms with van der Waals surface area (Å²) in [6, 6.07) is 21.4. The Labute approximate surface area is 129 Å². The molecule has 3 heteroatoms. The summed E-state index contributed by atoms with van der Waals surface area (Å²) in [7, 11) is 2.01. The lowest BCUT2D eigenvalue weighted by Gasteiger charge is -2.16. The van der Waals surface area contributed by atoms with Crippen LogP contribution in [0.1, 0.15) is 11.6 Å². The summed E-state index contributed by atoms with van der Waals surface area (Å²) in [5.41, 5.74) is 2.34. The van der Waals surface area contributed by atoms with Gasteiger partial charge in [0.2, 0.25) is 0 Å². The second kappa shape index (κ2) is 6.74. The van der Waals surface area contributed by atoms with E-state index in [0.717, 1.165) is 11.3 Å². The number of rotatable bonds is 5. The molecule has 1 unspecified atom stereocenters. The molecule has 106 valence electrons. The first-order valence-corrected chi connectivity index (χ1v) is 8.05. The summed E-state index contributed by atoms with van der Waals surface area (Å²) >= 11 is 1.87. The highest BCUT2D eigenvalue weighted by molar-refractivity contribution is 7.99. The van der Waals surface area contributed by atoms with Crippen LogP contribution in [0.2, 0.25) is 0 Å². The summed E-state index contributed by atoms with van der Waals surface area (Å²) in [6.07, 6.45) is 1.85. The van der Waals surface area contributed by atoms with Gasteiger partial charge in [0.25, 0.3) is 0 Å². The predicted octanol–water partition coefficient (Wildman–Crippen LogP) is 4.29. The number of hydrogen-bond donors (Lipinski definition) is 1. The number of benzene rings is 2. The van der Waals surface area contributed by atoms with Gasteiger partial charge in [-0.15, -0.1) is 11.8 Å². The number of pyridine rings is 1. The van der Waals surface area contributed by atoms with E-state index in [1.54, 1.807) is 0 Å². The van der Waals surface area contributed by atoms with Gasteiger partial charge in [0.1, 0.15) is 0 Å². The van der Waals surface area contributed by atoms with Gasteiger partial charge in [-0.2, -0.15) is 0 Å². The molecule has 2 aromatic carbocycles. The maximum atomic E-state index is 4.44. The first kappa shape index (κ1) is 14.1. The standard InChI is InChI=1S/C18H18N2S/c1-19-18(13-21-16-7-3-2-4-8-16)15-10-9-14-6-5-11-20-17(14)12-15/h2-12,18-19H,13H2,1H3. The molecule has 0 fully saturated rings. The molecule has 0 saturated heterocycles. The molecule has 0 spiro atoms. The summed E-state index contributed by atoms with van der Waals surface area (Å²) in [4.78, 5) is 5.74. The molecule has 1 aromatic heterocycles. The first-order valence-electron chi connectivity index (χ1n) is 7.06. The molecule has 0 aliphatic rings. The summed E-state index contributed by atoms with van der Waals surface area (Å²) in [6.45, 7) is 0. The van der Waals surface area contributed by atoms with Crippen LogP contribution in [0.4, 0.5) is 0 Å². The van der Waals surface area contributed by atoms with Gasteiger partial charge in [-0.25, -0.2) is 0 Å². The van der Waals surface area contributed by atoms with Crippen LogP contribution in [-0.2, 0) is 0 Å². The minimum absolute atomic E-state index is 0.321. The third-order valence-electron chi connectivity index (χ3n) is 3.54. The lowest BCUT2D eigenvalue weighted by Crippen LogP contribution is -2.18. The summed E-state index contributed by atoms with van der Waals surface area (Å²) < 4.78 is 0. The maximum Gasteiger partial charge on any atom is 0.0705 e. The van der Waals surface area contributed by atoms with Gasteiger partial charge in [0, 0.05) is 28.3 Å². The molecular weight excluding hydrogens is 276 g/mol. The fourth-order valence-electron chi connectivity index (χ4n) is 2.34. The van der Waals surface area contributed by atoms with Crippen molar-refractivity contribution in [3.05, 3.63) is 72.4 Å². The van der Waals surface area contributed by atoms with Gasteiger partial charge < -0.3 is 5.32 Å². The predicted molar refractivity (Wildman–Crippen MR) is 90.7 cm³/mol. The molecule has 0 aliphatic heterocycles. The van der Waals surface area contributed by atoms with Crippen LogP contribution >= 0.6 is 11.8 Å². The quantitative estimate of drug-likeness (QED) is 0.711. The fourth-order valence-corrected chi connectivity index (χ4v) is 3.41. The van der Waals surface area contributed by atoms with Crippen molar-refractivity contribution in [2.75, 3.05) is 12.8 Å². The van der Waals surface area contributed by atoms with Crippen LogP contribution in [0.3, 0.4) is 0 Å². The molecule has 1 heterocycles. The van der Waals surface area contributed by atoms with E-state index in [0.29, 0.717) is 6.04 Å². The molecule has 0 radical (unpaired) electrons. The van der Waals surface area contributed by atoms with E-state index >= 15 is 0 Å². The van der Waals surface area contributed by atoms with Gasteiger partial charge in [-0.1, -0.05) is 36.4 Å². The molecule has 0 bridgehead atoms. The number of nitrogens with zero attached hydrogens (tertiary/aromatic N) is 1. The zero-order valence-corrected chi connectivity index (χ0v) is 12.8. The number of nitrogens with one attached hydrogen (secondary N) is 1. The molecule has 3 aromatic rings. The number of fused-ring (bicyclic) bond motifs is 1. The average Bonchev–Trinajstić information content (AvgIpc) is 2.56. The highest BCUT2D eigenvalue weighted by Gasteiger charge is 2.10. The van der Waals surface area contributed by atoms with E-state index in [1.165, 1.54) is 15.8 Å². The van der Waals surface area contributed by atoms with Gasteiger partial charge in [0.15, 0.2) is 0 Å². The lowest BCUT2D eigenvalue weighted by atomic mass is 10.1. The van der Waals surface area contributed by atoms with E-state index in [1.807, 2.05) is 31.1 Å². The highest BCUT2D eigenvalue weighted by atomic mass is 32.2. The minimum Gasteiger partial charge on any atom is -0.312 e. The van der Waals surface area contributed by atoms with Crippen molar-refractivity contribution >= 4 is 22.7 Å². The van der Waals surface area contributed by atoms with Gasteiger partial charge in [-0.3, -0.25) is 4.98 Å². The monoisotopic (exact) mass is 294 g/mol. The topological polar surface area (TPSA) is 24.9 Å². The minimum atomic E-state index is 0.321. The Hall–Kier alpha value is -1.84. The van der Waals surface area contributed by atoms with Gasteiger partial charge in [0.05, 0.1) is 5.52 Å². The van der Waals surface area contributed by atoms with Crippen LogP contribution in [0.15, 0.2) is 71.8 Å². The number of aromatic nitrogens is 1. The lowest BCUT2D eigenvalue weighted by molar-refractivity contribution is 0.662. The van der Waals surface area contributed by atoms with Gasteiger partial charge >= 0.3 is 0 Å². The molecule has 1 N–H and O–H groups in total.